The molecule has 0 aliphatic carbocycles. The lowest BCUT2D eigenvalue weighted by Gasteiger charge is -2.22. The minimum absolute atomic E-state index is 0.365. The monoisotopic (exact) mass is 311 g/mol. The lowest BCUT2D eigenvalue weighted by Crippen LogP contribution is -2.33. The average molecular weight is 311 g/mol. The Hall–Kier alpha value is -1.11. The molecule has 2 heterocycles. The molecule has 0 aromatic carbocycles. The third-order valence-corrected chi connectivity index (χ3v) is 4.30. The lowest BCUT2D eigenvalue weighted by molar-refractivity contribution is -0.0318. The van der Waals surface area contributed by atoms with E-state index < -0.39 is 0 Å². The normalized spacial score (nSPS) is 17.0. The van der Waals surface area contributed by atoms with Crippen molar-refractivity contribution in [3.05, 3.63) is 22.4 Å². The smallest absolute Gasteiger partial charge is 0.188 e. The molecular formula is C15H25N3O2S. The van der Waals surface area contributed by atoms with Gasteiger partial charge in [-0.2, -0.15) is 0 Å². The highest BCUT2D eigenvalue weighted by Gasteiger charge is 2.13. The van der Waals surface area contributed by atoms with Gasteiger partial charge in [0.2, 0.25) is 0 Å². The van der Waals surface area contributed by atoms with E-state index in [1.165, 1.54) is 4.88 Å². The van der Waals surface area contributed by atoms with Crippen LogP contribution in [0.4, 0.5) is 0 Å². The zero-order valence-corrected chi connectivity index (χ0v) is 13.2. The summed E-state index contributed by atoms with van der Waals surface area (Å²) < 4.78 is 11.1. The van der Waals surface area contributed by atoms with Gasteiger partial charge in [-0.05, 0) is 37.1 Å². The number of thiophene rings is 1. The van der Waals surface area contributed by atoms with Crippen LogP contribution in [0, 0.1) is 0 Å². The largest absolute Gasteiger partial charge is 0.381 e. The Bertz CT molecular complexity index is 403. The van der Waals surface area contributed by atoms with Crippen LogP contribution in [0.15, 0.2) is 22.5 Å². The van der Waals surface area contributed by atoms with Crippen molar-refractivity contribution in [3.63, 3.8) is 0 Å². The van der Waals surface area contributed by atoms with E-state index in [4.69, 9.17) is 15.2 Å². The molecule has 0 unspecified atom stereocenters. The molecule has 1 aliphatic rings. The zero-order chi connectivity index (χ0) is 14.8. The molecule has 21 heavy (non-hydrogen) atoms. The Morgan fingerprint density at radius 2 is 2.33 bits per heavy atom. The third kappa shape index (κ3) is 6.93. The first-order chi connectivity index (χ1) is 10.3. The van der Waals surface area contributed by atoms with E-state index in [1.54, 1.807) is 11.3 Å². The number of nitrogens with zero attached hydrogens (tertiary/aromatic N) is 1. The van der Waals surface area contributed by atoms with Crippen molar-refractivity contribution in [1.82, 2.24) is 5.32 Å². The number of nitrogens with two attached hydrogens (primary N) is 1. The van der Waals surface area contributed by atoms with E-state index in [0.29, 0.717) is 18.6 Å². The minimum Gasteiger partial charge on any atom is -0.381 e. The van der Waals surface area contributed by atoms with Crippen LogP contribution in [0.3, 0.4) is 0 Å². The van der Waals surface area contributed by atoms with Crippen molar-refractivity contribution in [2.75, 3.05) is 32.9 Å². The number of hydrogen-bond acceptors (Lipinski definition) is 4. The van der Waals surface area contributed by atoms with Crippen molar-refractivity contribution in [2.45, 2.75) is 31.8 Å². The fraction of sp³-hybridized carbons (Fsp3) is 0.667. The van der Waals surface area contributed by atoms with Crippen molar-refractivity contribution < 1.29 is 9.47 Å². The second-order valence-electron chi connectivity index (χ2n) is 5.06. The van der Waals surface area contributed by atoms with Gasteiger partial charge in [0.1, 0.15) is 0 Å². The predicted octanol–water partition coefficient (Wildman–Crippen LogP) is 1.78. The SMILES string of the molecule is NC(=NCCCOC1CCOCC1)NCCc1cccs1. The molecule has 1 aromatic rings. The number of aliphatic imine (C=N–C) groups is 1. The average Bonchev–Trinajstić information content (AvgIpc) is 3.01. The van der Waals surface area contributed by atoms with Crippen molar-refractivity contribution in [1.29, 1.82) is 0 Å². The predicted molar refractivity (Wildman–Crippen MR) is 86.9 cm³/mol. The molecule has 5 nitrogen and oxygen atoms in total. The molecule has 0 atom stereocenters. The van der Waals surface area contributed by atoms with E-state index in [-0.39, 0.29) is 0 Å². The van der Waals surface area contributed by atoms with Crippen LogP contribution in [-0.2, 0) is 15.9 Å². The molecule has 6 heteroatoms. The second kappa shape index (κ2) is 9.76. The van der Waals surface area contributed by atoms with Gasteiger partial charge in [0.25, 0.3) is 0 Å². The molecule has 0 radical (unpaired) electrons. The maximum atomic E-state index is 5.82. The molecule has 1 fully saturated rings. The summed E-state index contributed by atoms with van der Waals surface area (Å²) in [6, 6.07) is 4.20. The molecule has 0 bridgehead atoms. The molecule has 118 valence electrons. The molecule has 0 spiro atoms. The van der Waals surface area contributed by atoms with Crippen molar-refractivity contribution in [2.24, 2.45) is 10.7 Å². The lowest BCUT2D eigenvalue weighted by atomic mass is 10.1. The van der Waals surface area contributed by atoms with Crippen molar-refractivity contribution >= 4 is 17.3 Å². The van der Waals surface area contributed by atoms with Crippen LogP contribution in [-0.4, -0.2) is 45.0 Å². The number of hydrogen-bond donors (Lipinski definition) is 2. The van der Waals surface area contributed by atoms with Crippen LogP contribution in [0.2, 0.25) is 0 Å². The molecule has 3 N–H and O–H groups in total. The number of rotatable bonds is 8. The van der Waals surface area contributed by atoms with Gasteiger partial charge >= 0.3 is 0 Å². The highest BCUT2D eigenvalue weighted by molar-refractivity contribution is 7.09. The molecular weight excluding hydrogens is 286 g/mol. The van der Waals surface area contributed by atoms with Gasteiger partial charge in [0.05, 0.1) is 6.10 Å². The summed E-state index contributed by atoms with van der Waals surface area (Å²) in [4.78, 5) is 5.67. The molecule has 1 aliphatic heterocycles. The van der Waals surface area contributed by atoms with Gasteiger partial charge in [-0.25, -0.2) is 0 Å². The summed E-state index contributed by atoms with van der Waals surface area (Å²) in [5.41, 5.74) is 5.82. The van der Waals surface area contributed by atoms with Gasteiger partial charge in [-0.1, -0.05) is 6.07 Å². The first-order valence-electron chi connectivity index (χ1n) is 7.60. The van der Waals surface area contributed by atoms with Gasteiger partial charge in [0.15, 0.2) is 5.96 Å². The maximum Gasteiger partial charge on any atom is 0.188 e. The van der Waals surface area contributed by atoms with E-state index in [9.17, 15) is 0 Å². The van der Waals surface area contributed by atoms with Gasteiger partial charge in [0, 0.05) is 37.8 Å². The summed E-state index contributed by atoms with van der Waals surface area (Å²) in [6.45, 7) is 3.93. The van der Waals surface area contributed by atoms with Crippen LogP contribution in [0.5, 0.6) is 0 Å². The third-order valence-electron chi connectivity index (χ3n) is 3.36. The number of ether oxygens (including phenoxy) is 2. The number of nitrogens with one attached hydrogen (secondary N) is 1. The first-order valence-corrected chi connectivity index (χ1v) is 8.48. The minimum atomic E-state index is 0.365. The molecule has 0 saturated carbocycles. The fourth-order valence-electron chi connectivity index (χ4n) is 2.18. The van der Waals surface area contributed by atoms with E-state index in [1.807, 2.05) is 0 Å². The number of guanidine groups is 1. The Labute approximate surface area is 130 Å². The van der Waals surface area contributed by atoms with Crippen LogP contribution in [0.25, 0.3) is 0 Å². The van der Waals surface area contributed by atoms with Crippen LogP contribution >= 0.6 is 11.3 Å². The van der Waals surface area contributed by atoms with E-state index in [2.05, 4.69) is 27.8 Å². The fourth-order valence-corrected chi connectivity index (χ4v) is 2.89. The van der Waals surface area contributed by atoms with Crippen LogP contribution < -0.4 is 11.1 Å². The zero-order valence-electron chi connectivity index (χ0n) is 12.4. The van der Waals surface area contributed by atoms with E-state index >= 15 is 0 Å². The second-order valence-corrected chi connectivity index (χ2v) is 6.09. The van der Waals surface area contributed by atoms with E-state index in [0.717, 1.165) is 52.0 Å². The Morgan fingerprint density at radius 1 is 1.48 bits per heavy atom. The first kappa shape index (κ1) is 16.3. The molecule has 2 rings (SSSR count). The highest BCUT2D eigenvalue weighted by Crippen LogP contribution is 2.10. The van der Waals surface area contributed by atoms with Gasteiger partial charge in [-0.15, -0.1) is 11.3 Å². The Morgan fingerprint density at radius 3 is 3.10 bits per heavy atom. The van der Waals surface area contributed by atoms with Gasteiger partial charge in [-0.3, -0.25) is 4.99 Å². The summed E-state index contributed by atoms with van der Waals surface area (Å²) >= 11 is 1.77. The maximum absolute atomic E-state index is 5.82. The topological polar surface area (TPSA) is 68.9 Å². The summed E-state index contributed by atoms with van der Waals surface area (Å²) in [5.74, 6) is 0.526. The van der Waals surface area contributed by atoms with Gasteiger partial charge < -0.3 is 20.5 Å². The Balaban J connectivity index is 1.47. The van der Waals surface area contributed by atoms with Crippen LogP contribution in [0.1, 0.15) is 24.1 Å². The molecule has 1 aromatic heterocycles. The summed E-state index contributed by atoms with van der Waals surface area (Å²) in [7, 11) is 0. The standard InChI is InChI=1S/C15H25N3O2S/c16-15(18-8-4-14-3-1-12-21-14)17-7-2-9-20-13-5-10-19-11-6-13/h1,3,12-13H,2,4-11H2,(H3,16,17,18). The Kier molecular flexibility index (Phi) is 7.56. The molecule has 0 amide bonds. The molecule has 1 saturated heterocycles. The summed E-state index contributed by atoms with van der Waals surface area (Å²) in [6.07, 6.45) is 4.28. The highest BCUT2D eigenvalue weighted by atomic mass is 32.1. The van der Waals surface area contributed by atoms with Crippen molar-refractivity contribution in [3.8, 4) is 0 Å². The quantitative estimate of drug-likeness (QED) is 0.436. The summed E-state index contributed by atoms with van der Waals surface area (Å²) in [5, 5.41) is 5.23.